The second-order valence-corrected chi connectivity index (χ2v) is 3.04. The molecule has 0 saturated carbocycles. The number of imidazole rings is 1. The normalized spacial score (nSPS) is 12.4. The topological polar surface area (TPSA) is 98.0 Å². The van der Waals surface area contributed by atoms with Crippen molar-refractivity contribution in [2.75, 3.05) is 6.61 Å². The van der Waals surface area contributed by atoms with Crippen LogP contribution < -0.4 is 11.0 Å². The highest BCUT2D eigenvalue weighted by atomic mass is 16.3. The summed E-state index contributed by atoms with van der Waals surface area (Å²) in [5.74, 6) is -0.357. The Kier molecular flexibility index (Phi) is 3.47. The maximum absolute atomic E-state index is 11.4. The van der Waals surface area contributed by atoms with Gasteiger partial charge in [0.1, 0.15) is 5.69 Å². The molecule has 0 aromatic carbocycles. The largest absolute Gasteiger partial charge is 0.396 e. The summed E-state index contributed by atoms with van der Waals surface area (Å²) in [4.78, 5) is 26.7. The van der Waals surface area contributed by atoms with Crippen molar-refractivity contribution in [2.45, 2.75) is 19.4 Å². The predicted octanol–water partition coefficient (Wildman–Crippen LogP) is -0.796. The minimum Gasteiger partial charge on any atom is -0.396 e. The Bertz CT molecular complexity index is 355. The molecule has 78 valence electrons. The van der Waals surface area contributed by atoms with Crippen molar-refractivity contribution in [3.8, 4) is 0 Å². The third kappa shape index (κ3) is 2.74. The van der Waals surface area contributed by atoms with Crippen LogP contribution in [0.2, 0.25) is 0 Å². The lowest BCUT2D eigenvalue weighted by Gasteiger charge is -2.10. The molecule has 1 rings (SSSR count). The van der Waals surface area contributed by atoms with Crippen LogP contribution in [0, 0.1) is 0 Å². The van der Waals surface area contributed by atoms with E-state index >= 15 is 0 Å². The molecule has 0 saturated heterocycles. The summed E-state index contributed by atoms with van der Waals surface area (Å²) in [5, 5.41) is 11.2. The molecule has 1 amide bonds. The zero-order chi connectivity index (χ0) is 10.6. The molecular formula is C8H13N3O3. The quantitative estimate of drug-likeness (QED) is 0.511. The van der Waals surface area contributed by atoms with Gasteiger partial charge in [-0.25, -0.2) is 4.79 Å². The lowest BCUT2D eigenvalue weighted by Crippen LogP contribution is -2.33. The molecule has 14 heavy (non-hydrogen) atoms. The lowest BCUT2D eigenvalue weighted by molar-refractivity contribution is 0.0929. The second-order valence-electron chi connectivity index (χ2n) is 3.04. The Hall–Kier alpha value is -1.56. The fourth-order valence-electron chi connectivity index (χ4n) is 1.02. The van der Waals surface area contributed by atoms with Gasteiger partial charge < -0.3 is 20.4 Å². The van der Waals surface area contributed by atoms with E-state index in [-0.39, 0.29) is 24.2 Å². The summed E-state index contributed by atoms with van der Waals surface area (Å²) in [6.07, 6.45) is 1.80. The first-order valence-corrected chi connectivity index (χ1v) is 4.33. The number of carbonyl (C=O) groups is 1. The van der Waals surface area contributed by atoms with Crippen LogP contribution in [-0.2, 0) is 0 Å². The van der Waals surface area contributed by atoms with E-state index in [9.17, 15) is 9.59 Å². The number of hydrogen-bond acceptors (Lipinski definition) is 3. The summed E-state index contributed by atoms with van der Waals surface area (Å²) < 4.78 is 0. The molecule has 0 spiro atoms. The Balaban J connectivity index is 2.54. The summed E-state index contributed by atoms with van der Waals surface area (Å²) in [7, 11) is 0. The van der Waals surface area contributed by atoms with E-state index < -0.39 is 5.69 Å². The van der Waals surface area contributed by atoms with Gasteiger partial charge in [-0.1, -0.05) is 0 Å². The van der Waals surface area contributed by atoms with E-state index in [1.807, 2.05) is 0 Å². The molecule has 1 atom stereocenters. The van der Waals surface area contributed by atoms with E-state index in [1.54, 1.807) is 6.92 Å². The number of amides is 1. The highest BCUT2D eigenvalue weighted by Crippen LogP contribution is 1.93. The monoisotopic (exact) mass is 199 g/mol. The first kappa shape index (κ1) is 10.5. The molecule has 1 unspecified atom stereocenters. The van der Waals surface area contributed by atoms with Gasteiger partial charge in [0.2, 0.25) is 0 Å². The van der Waals surface area contributed by atoms with Crippen molar-refractivity contribution in [2.24, 2.45) is 0 Å². The Morgan fingerprint density at radius 3 is 2.93 bits per heavy atom. The number of aromatic amines is 2. The van der Waals surface area contributed by atoms with Crippen molar-refractivity contribution in [3.05, 3.63) is 22.4 Å². The predicted molar refractivity (Wildman–Crippen MR) is 50.0 cm³/mol. The molecule has 4 N–H and O–H groups in total. The molecule has 0 fully saturated rings. The average molecular weight is 199 g/mol. The molecule has 0 aliphatic heterocycles. The number of rotatable bonds is 4. The Morgan fingerprint density at radius 2 is 2.43 bits per heavy atom. The number of H-pyrrole nitrogens is 2. The third-order valence-corrected chi connectivity index (χ3v) is 1.78. The van der Waals surface area contributed by atoms with Crippen molar-refractivity contribution in [3.63, 3.8) is 0 Å². The molecule has 1 heterocycles. The van der Waals surface area contributed by atoms with Gasteiger partial charge in [-0.2, -0.15) is 0 Å². The number of nitrogens with one attached hydrogen (secondary N) is 3. The molecule has 6 heteroatoms. The van der Waals surface area contributed by atoms with Crippen LogP contribution in [0.3, 0.4) is 0 Å². The van der Waals surface area contributed by atoms with Gasteiger partial charge in [0.25, 0.3) is 5.91 Å². The van der Waals surface area contributed by atoms with Crippen LogP contribution in [0.15, 0.2) is 11.0 Å². The number of aliphatic hydroxyl groups excluding tert-OH is 1. The van der Waals surface area contributed by atoms with E-state index in [2.05, 4.69) is 15.3 Å². The van der Waals surface area contributed by atoms with Gasteiger partial charge in [-0.3, -0.25) is 4.79 Å². The average Bonchev–Trinajstić information content (AvgIpc) is 2.52. The lowest BCUT2D eigenvalue weighted by atomic mass is 10.2. The minimum atomic E-state index is -0.412. The maximum Gasteiger partial charge on any atom is 0.323 e. The summed E-state index contributed by atoms with van der Waals surface area (Å²) in [6, 6.07) is -0.120. The molecule has 0 aliphatic carbocycles. The van der Waals surface area contributed by atoms with Crippen molar-refractivity contribution in [1.29, 1.82) is 0 Å². The van der Waals surface area contributed by atoms with Crippen LogP contribution in [0.4, 0.5) is 0 Å². The summed E-state index contributed by atoms with van der Waals surface area (Å²) in [6.45, 7) is 1.80. The number of carbonyl (C=O) groups excluding carboxylic acids is 1. The highest BCUT2D eigenvalue weighted by Gasteiger charge is 2.10. The van der Waals surface area contributed by atoms with E-state index in [4.69, 9.17) is 5.11 Å². The molecule has 1 aromatic heterocycles. The number of aromatic nitrogens is 2. The van der Waals surface area contributed by atoms with Crippen LogP contribution in [0.5, 0.6) is 0 Å². The molecule has 0 radical (unpaired) electrons. The fourth-order valence-corrected chi connectivity index (χ4v) is 1.02. The molecule has 1 aromatic rings. The van der Waals surface area contributed by atoms with Gasteiger partial charge in [0, 0.05) is 18.8 Å². The summed E-state index contributed by atoms with van der Waals surface area (Å²) in [5.41, 5.74) is -0.218. The first-order chi connectivity index (χ1) is 6.63. The highest BCUT2D eigenvalue weighted by molar-refractivity contribution is 5.92. The van der Waals surface area contributed by atoms with E-state index in [1.165, 1.54) is 6.20 Å². The van der Waals surface area contributed by atoms with Gasteiger partial charge in [0.05, 0.1) is 0 Å². The standard InChI is InChI=1S/C8H13N3O3/c1-5(2-3-12)10-7(13)6-4-9-8(14)11-6/h4-5,12H,2-3H2,1H3,(H,10,13)(H2,9,11,14). The van der Waals surface area contributed by atoms with E-state index in [0.29, 0.717) is 6.42 Å². The van der Waals surface area contributed by atoms with Gasteiger partial charge in [0.15, 0.2) is 0 Å². The molecule has 6 nitrogen and oxygen atoms in total. The van der Waals surface area contributed by atoms with Crippen molar-refractivity contribution in [1.82, 2.24) is 15.3 Å². The first-order valence-electron chi connectivity index (χ1n) is 4.33. The van der Waals surface area contributed by atoms with Gasteiger partial charge in [-0.05, 0) is 13.3 Å². The van der Waals surface area contributed by atoms with Crippen molar-refractivity contribution < 1.29 is 9.90 Å². The third-order valence-electron chi connectivity index (χ3n) is 1.78. The smallest absolute Gasteiger partial charge is 0.323 e. The Labute approximate surface area is 80.4 Å². The van der Waals surface area contributed by atoms with Gasteiger partial charge in [-0.15, -0.1) is 0 Å². The van der Waals surface area contributed by atoms with Crippen LogP contribution in [0.25, 0.3) is 0 Å². The van der Waals surface area contributed by atoms with Gasteiger partial charge >= 0.3 is 5.69 Å². The summed E-state index contributed by atoms with van der Waals surface area (Å²) >= 11 is 0. The SMILES string of the molecule is CC(CCO)NC(=O)c1c[nH]c(=O)[nH]1. The number of hydrogen-bond donors (Lipinski definition) is 4. The minimum absolute atomic E-state index is 0.0190. The molecule has 0 bridgehead atoms. The van der Waals surface area contributed by atoms with E-state index in [0.717, 1.165) is 0 Å². The maximum atomic E-state index is 11.4. The van der Waals surface area contributed by atoms with Crippen LogP contribution >= 0.6 is 0 Å². The number of aliphatic hydroxyl groups is 1. The van der Waals surface area contributed by atoms with Crippen LogP contribution in [0.1, 0.15) is 23.8 Å². The Morgan fingerprint density at radius 1 is 1.71 bits per heavy atom. The molecule has 0 aliphatic rings. The fraction of sp³-hybridized carbons (Fsp3) is 0.500. The van der Waals surface area contributed by atoms with Crippen molar-refractivity contribution >= 4 is 5.91 Å². The zero-order valence-electron chi connectivity index (χ0n) is 7.83. The zero-order valence-corrected chi connectivity index (χ0v) is 7.83. The second kappa shape index (κ2) is 4.61. The van der Waals surface area contributed by atoms with Crippen LogP contribution in [-0.4, -0.2) is 33.6 Å². The molecular weight excluding hydrogens is 186 g/mol.